The molecule has 0 aliphatic carbocycles. The highest BCUT2D eigenvalue weighted by molar-refractivity contribution is 8.00. The van der Waals surface area contributed by atoms with Gasteiger partial charge in [-0.05, 0) is 6.07 Å². The van der Waals surface area contributed by atoms with E-state index in [4.69, 9.17) is 5.11 Å². The van der Waals surface area contributed by atoms with E-state index >= 15 is 0 Å². The zero-order valence-corrected chi connectivity index (χ0v) is 11.1. The Kier molecular flexibility index (Phi) is 4.82. The van der Waals surface area contributed by atoms with Crippen LogP contribution in [0.1, 0.15) is 16.6 Å². The van der Waals surface area contributed by atoms with Gasteiger partial charge in [0.1, 0.15) is 4.88 Å². The van der Waals surface area contributed by atoms with Crippen molar-refractivity contribution in [3.05, 3.63) is 16.3 Å². The molecule has 4 nitrogen and oxygen atoms in total. The molecule has 0 aliphatic heterocycles. The minimum absolute atomic E-state index is 0.131. The number of carboxylic acid groups (broad SMARTS) is 1. The normalized spacial score (nSPS) is 11.6. The Morgan fingerprint density at radius 3 is 2.75 bits per heavy atom. The Bertz CT molecular complexity index is 461. The average molecular weight is 280 g/mol. The molecule has 1 rings (SSSR count). The molecule has 0 radical (unpaired) electrons. The molecule has 1 heterocycles. The summed E-state index contributed by atoms with van der Waals surface area (Å²) in [7, 11) is -2.93. The number of carbonyl (C=O) groups is 1. The third kappa shape index (κ3) is 4.15. The number of aromatic carboxylic acids is 1. The lowest BCUT2D eigenvalue weighted by atomic mass is 10.5. The van der Waals surface area contributed by atoms with E-state index in [9.17, 15) is 13.2 Å². The second-order valence-electron chi connectivity index (χ2n) is 3.04. The van der Waals surface area contributed by atoms with Crippen LogP contribution in [0.4, 0.5) is 0 Å². The second-order valence-corrected chi connectivity index (χ2v) is 7.59. The number of thiophene rings is 1. The van der Waals surface area contributed by atoms with Crippen LogP contribution in [-0.4, -0.2) is 36.8 Å². The first-order chi connectivity index (χ1) is 7.44. The molecule has 0 aromatic carbocycles. The molecule has 0 aliphatic rings. The predicted octanol–water partition coefficient (Wildman–Crippen LogP) is 1.97. The van der Waals surface area contributed by atoms with Gasteiger partial charge in [0.2, 0.25) is 0 Å². The number of rotatable bonds is 6. The van der Waals surface area contributed by atoms with Gasteiger partial charge in [-0.25, -0.2) is 13.2 Å². The molecule has 1 N–H and O–H groups in total. The molecule has 1 aromatic rings. The number of carboxylic acids is 1. The molecule has 16 heavy (non-hydrogen) atoms. The van der Waals surface area contributed by atoms with Gasteiger partial charge >= 0.3 is 5.97 Å². The van der Waals surface area contributed by atoms with Gasteiger partial charge in [-0.1, -0.05) is 6.92 Å². The van der Waals surface area contributed by atoms with Crippen molar-refractivity contribution < 1.29 is 18.3 Å². The maximum Gasteiger partial charge on any atom is 0.345 e. The maximum absolute atomic E-state index is 11.2. The zero-order valence-electron chi connectivity index (χ0n) is 8.67. The Balaban J connectivity index is 2.46. The number of thioether (sulfide) groups is 1. The van der Waals surface area contributed by atoms with Crippen LogP contribution in [0.3, 0.4) is 0 Å². The van der Waals surface area contributed by atoms with E-state index in [1.165, 1.54) is 11.8 Å². The van der Waals surface area contributed by atoms with E-state index in [-0.39, 0.29) is 16.4 Å². The molecule has 7 heteroatoms. The molecule has 0 unspecified atom stereocenters. The van der Waals surface area contributed by atoms with Crippen molar-refractivity contribution in [3.8, 4) is 0 Å². The van der Waals surface area contributed by atoms with E-state index in [0.29, 0.717) is 5.75 Å². The first kappa shape index (κ1) is 13.5. The van der Waals surface area contributed by atoms with Crippen LogP contribution in [0, 0.1) is 0 Å². The Hall–Kier alpha value is -0.530. The van der Waals surface area contributed by atoms with Crippen LogP contribution in [0.25, 0.3) is 0 Å². The lowest BCUT2D eigenvalue weighted by molar-refractivity contribution is 0.0702. The first-order valence-corrected chi connectivity index (χ1v) is 8.28. The fourth-order valence-corrected chi connectivity index (χ4v) is 4.11. The lowest BCUT2D eigenvalue weighted by Gasteiger charge is -1.99. The standard InChI is InChI=1S/C9H12O4S3/c1-2-16(12,13)4-3-14-7-5-8(9(10)11)15-6-7/h5-6H,2-4H2,1H3,(H,10,11). The largest absolute Gasteiger partial charge is 0.477 e. The van der Waals surface area contributed by atoms with Gasteiger partial charge in [-0.2, -0.15) is 0 Å². The molecular formula is C9H12O4S3. The summed E-state index contributed by atoms with van der Waals surface area (Å²) in [5.41, 5.74) is 0. The number of hydrogen-bond donors (Lipinski definition) is 1. The highest BCUT2D eigenvalue weighted by Crippen LogP contribution is 2.24. The first-order valence-electron chi connectivity index (χ1n) is 4.59. The third-order valence-corrected chi connectivity index (χ3v) is 5.90. The highest BCUT2D eigenvalue weighted by atomic mass is 32.2. The second kappa shape index (κ2) is 5.70. The van der Waals surface area contributed by atoms with Crippen molar-refractivity contribution in [2.24, 2.45) is 0 Å². The van der Waals surface area contributed by atoms with Crippen molar-refractivity contribution >= 4 is 38.9 Å². The van der Waals surface area contributed by atoms with E-state index in [0.717, 1.165) is 16.2 Å². The third-order valence-electron chi connectivity index (χ3n) is 1.89. The summed E-state index contributed by atoms with van der Waals surface area (Å²) in [5.74, 6) is -0.200. The maximum atomic E-state index is 11.2. The van der Waals surface area contributed by atoms with Crippen molar-refractivity contribution in [1.29, 1.82) is 0 Å². The average Bonchev–Trinajstić information content (AvgIpc) is 2.66. The van der Waals surface area contributed by atoms with E-state index in [1.54, 1.807) is 18.4 Å². The molecule has 0 amide bonds. The van der Waals surface area contributed by atoms with E-state index in [2.05, 4.69) is 0 Å². The summed E-state index contributed by atoms with van der Waals surface area (Å²) in [4.78, 5) is 11.7. The van der Waals surface area contributed by atoms with Gasteiger partial charge in [-0.3, -0.25) is 0 Å². The van der Waals surface area contributed by atoms with Gasteiger partial charge in [0.15, 0.2) is 9.84 Å². The van der Waals surface area contributed by atoms with Crippen LogP contribution in [0.15, 0.2) is 16.3 Å². The van der Waals surface area contributed by atoms with Crippen molar-refractivity contribution in [3.63, 3.8) is 0 Å². The molecule has 0 bridgehead atoms. The smallest absolute Gasteiger partial charge is 0.345 e. The Morgan fingerprint density at radius 2 is 2.25 bits per heavy atom. The van der Waals surface area contributed by atoms with E-state index in [1.807, 2.05) is 0 Å². The molecule has 0 fully saturated rings. The molecule has 0 saturated carbocycles. The topological polar surface area (TPSA) is 71.4 Å². The Morgan fingerprint density at radius 1 is 1.56 bits per heavy atom. The molecule has 90 valence electrons. The zero-order chi connectivity index (χ0) is 12.2. The molecule has 1 aromatic heterocycles. The molecular weight excluding hydrogens is 268 g/mol. The van der Waals surface area contributed by atoms with Crippen LogP contribution < -0.4 is 0 Å². The van der Waals surface area contributed by atoms with Gasteiger partial charge in [-0.15, -0.1) is 23.1 Å². The molecule has 0 saturated heterocycles. The van der Waals surface area contributed by atoms with Gasteiger partial charge in [0, 0.05) is 21.8 Å². The number of sulfone groups is 1. The summed E-state index contributed by atoms with van der Waals surface area (Å²) in [6.45, 7) is 1.62. The fourth-order valence-electron chi connectivity index (χ4n) is 0.937. The van der Waals surface area contributed by atoms with Crippen molar-refractivity contribution in [1.82, 2.24) is 0 Å². The van der Waals surface area contributed by atoms with Crippen LogP contribution in [-0.2, 0) is 9.84 Å². The summed E-state index contributed by atoms with van der Waals surface area (Å²) in [6, 6.07) is 1.57. The van der Waals surface area contributed by atoms with Crippen LogP contribution in [0.5, 0.6) is 0 Å². The summed E-state index contributed by atoms with van der Waals surface area (Å²) in [6.07, 6.45) is 0. The molecule has 0 atom stereocenters. The van der Waals surface area contributed by atoms with Crippen LogP contribution >= 0.6 is 23.1 Å². The monoisotopic (exact) mass is 280 g/mol. The van der Waals surface area contributed by atoms with Crippen molar-refractivity contribution in [2.75, 3.05) is 17.3 Å². The number of hydrogen-bond acceptors (Lipinski definition) is 5. The van der Waals surface area contributed by atoms with Gasteiger partial charge in [0.25, 0.3) is 0 Å². The van der Waals surface area contributed by atoms with Gasteiger partial charge < -0.3 is 5.11 Å². The minimum atomic E-state index is -2.93. The van der Waals surface area contributed by atoms with Crippen molar-refractivity contribution in [2.45, 2.75) is 11.8 Å². The fraction of sp³-hybridized carbons (Fsp3) is 0.444. The summed E-state index contributed by atoms with van der Waals surface area (Å²) in [5, 5.41) is 10.4. The minimum Gasteiger partial charge on any atom is -0.477 e. The summed E-state index contributed by atoms with van der Waals surface area (Å²) >= 11 is 2.52. The Labute approximate surface area is 103 Å². The van der Waals surface area contributed by atoms with Gasteiger partial charge in [0.05, 0.1) is 5.75 Å². The highest BCUT2D eigenvalue weighted by Gasteiger charge is 2.10. The quantitative estimate of drug-likeness (QED) is 0.807. The lowest BCUT2D eigenvalue weighted by Crippen LogP contribution is -2.10. The summed E-state index contributed by atoms with van der Waals surface area (Å²) < 4.78 is 22.4. The SMILES string of the molecule is CCS(=O)(=O)CCSc1csc(C(=O)O)c1. The predicted molar refractivity (Wildman–Crippen MR) is 66.3 cm³/mol. The van der Waals surface area contributed by atoms with E-state index < -0.39 is 15.8 Å². The molecule has 0 spiro atoms. The van der Waals surface area contributed by atoms with Crippen LogP contribution in [0.2, 0.25) is 0 Å².